The Kier molecular flexibility index (Phi) is 5.39. The van der Waals surface area contributed by atoms with E-state index in [2.05, 4.69) is 10.0 Å². The van der Waals surface area contributed by atoms with Gasteiger partial charge in [0.2, 0.25) is 10.0 Å². The number of hydrogen-bond donors (Lipinski definition) is 2. The molecule has 0 atom stereocenters. The average molecular weight is 298 g/mol. The molecule has 1 saturated carbocycles. The first-order chi connectivity index (χ1) is 9.59. The molecule has 20 heavy (non-hydrogen) atoms. The van der Waals surface area contributed by atoms with Gasteiger partial charge >= 0.3 is 0 Å². The Morgan fingerprint density at radius 2 is 1.95 bits per heavy atom. The Labute approximate surface area is 120 Å². The van der Waals surface area contributed by atoms with Crippen molar-refractivity contribution in [2.24, 2.45) is 0 Å². The van der Waals surface area contributed by atoms with Crippen molar-refractivity contribution in [3.8, 4) is 0 Å². The minimum atomic E-state index is -3.28. The Hall–Kier alpha value is -1.11. The van der Waals surface area contributed by atoms with Crippen molar-refractivity contribution >= 4 is 15.7 Å². The van der Waals surface area contributed by atoms with E-state index in [9.17, 15) is 8.42 Å². The van der Waals surface area contributed by atoms with Crippen LogP contribution in [-0.2, 0) is 21.3 Å². The first kappa shape index (κ1) is 15.3. The van der Waals surface area contributed by atoms with Gasteiger partial charge < -0.3 is 10.1 Å². The molecule has 1 aliphatic rings. The Morgan fingerprint density at radius 3 is 2.55 bits per heavy atom. The van der Waals surface area contributed by atoms with E-state index in [0.717, 1.165) is 6.54 Å². The monoisotopic (exact) mass is 298 g/mol. The van der Waals surface area contributed by atoms with E-state index < -0.39 is 10.0 Å². The molecule has 0 amide bonds. The summed E-state index contributed by atoms with van der Waals surface area (Å²) in [5.41, 5.74) is 1.77. The predicted molar refractivity (Wildman–Crippen MR) is 80.2 cm³/mol. The lowest BCUT2D eigenvalue weighted by molar-refractivity contribution is 0.199. The van der Waals surface area contributed by atoms with Gasteiger partial charge in [-0.15, -0.1) is 0 Å². The number of sulfonamides is 1. The summed E-state index contributed by atoms with van der Waals surface area (Å²) in [5.74, 6) is 0.0752. The fraction of sp³-hybridized carbons (Fsp3) is 0.571. The van der Waals surface area contributed by atoms with Gasteiger partial charge in [-0.25, -0.2) is 8.42 Å². The zero-order valence-corrected chi connectivity index (χ0v) is 12.6. The predicted octanol–water partition coefficient (Wildman–Crippen LogP) is 1.72. The molecule has 0 bridgehead atoms. The van der Waals surface area contributed by atoms with Gasteiger partial charge in [-0.1, -0.05) is 12.1 Å². The van der Waals surface area contributed by atoms with Crippen LogP contribution < -0.4 is 10.0 Å². The summed E-state index contributed by atoms with van der Waals surface area (Å²) in [6, 6.07) is 8.18. The highest BCUT2D eigenvalue weighted by atomic mass is 32.2. The highest BCUT2D eigenvalue weighted by molar-refractivity contribution is 7.92. The van der Waals surface area contributed by atoms with Gasteiger partial charge in [0.25, 0.3) is 0 Å². The lowest BCUT2D eigenvalue weighted by atomic mass is 10.2. The number of anilines is 1. The van der Waals surface area contributed by atoms with E-state index in [0.29, 0.717) is 24.8 Å². The summed E-state index contributed by atoms with van der Waals surface area (Å²) < 4.78 is 31.0. The molecular weight excluding hydrogens is 276 g/mol. The highest BCUT2D eigenvalue weighted by Gasteiger charge is 2.19. The standard InChI is InChI=1S/C14H22N2O3S/c1-19-9-2-10-20(17,18)16-14-5-3-12(4-6-14)11-15-13-7-8-13/h3-6,13,15-16H,2,7-11H2,1H3. The maximum Gasteiger partial charge on any atom is 0.232 e. The Bertz CT molecular complexity index is 510. The largest absolute Gasteiger partial charge is 0.385 e. The molecule has 1 aromatic rings. The molecule has 2 N–H and O–H groups in total. The number of methoxy groups -OCH3 is 1. The zero-order valence-electron chi connectivity index (χ0n) is 11.8. The van der Waals surface area contributed by atoms with Crippen molar-refractivity contribution in [3.63, 3.8) is 0 Å². The summed E-state index contributed by atoms with van der Waals surface area (Å²) in [5, 5.41) is 3.42. The molecule has 0 spiro atoms. The summed E-state index contributed by atoms with van der Waals surface area (Å²) in [7, 11) is -1.72. The second kappa shape index (κ2) is 7.06. The van der Waals surface area contributed by atoms with Crippen LogP contribution in [0.1, 0.15) is 24.8 Å². The smallest absolute Gasteiger partial charge is 0.232 e. The fourth-order valence-electron chi connectivity index (χ4n) is 1.86. The van der Waals surface area contributed by atoms with Gasteiger partial charge in [-0.2, -0.15) is 0 Å². The molecule has 1 aromatic carbocycles. The van der Waals surface area contributed by atoms with Crippen molar-refractivity contribution in [2.45, 2.75) is 31.8 Å². The third-order valence-corrected chi connectivity index (χ3v) is 4.53. The van der Waals surface area contributed by atoms with Crippen LogP contribution >= 0.6 is 0 Å². The van der Waals surface area contributed by atoms with E-state index in [-0.39, 0.29) is 5.75 Å². The lowest BCUT2D eigenvalue weighted by Gasteiger charge is -2.09. The summed E-state index contributed by atoms with van der Waals surface area (Å²) in [6.45, 7) is 1.29. The molecule has 112 valence electrons. The summed E-state index contributed by atoms with van der Waals surface area (Å²) in [4.78, 5) is 0. The van der Waals surface area contributed by atoms with Crippen LogP contribution in [-0.4, -0.2) is 33.9 Å². The van der Waals surface area contributed by atoms with Crippen LogP contribution in [0.3, 0.4) is 0 Å². The molecule has 6 heteroatoms. The number of benzene rings is 1. The van der Waals surface area contributed by atoms with Crippen LogP contribution in [0, 0.1) is 0 Å². The average Bonchev–Trinajstić information content (AvgIpc) is 3.22. The zero-order chi connectivity index (χ0) is 14.4. The van der Waals surface area contributed by atoms with Gasteiger partial charge in [0.05, 0.1) is 5.75 Å². The molecular formula is C14H22N2O3S. The van der Waals surface area contributed by atoms with E-state index in [1.807, 2.05) is 12.1 Å². The van der Waals surface area contributed by atoms with Gasteiger partial charge in [-0.3, -0.25) is 4.72 Å². The van der Waals surface area contributed by atoms with E-state index >= 15 is 0 Å². The lowest BCUT2D eigenvalue weighted by Crippen LogP contribution is -2.18. The van der Waals surface area contributed by atoms with Crippen molar-refractivity contribution in [1.82, 2.24) is 5.32 Å². The van der Waals surface area contributed by atoms with Crippen LogP contribution in [0.2, 0.25) is 0 Å². The second-order valence-corrected chi connectivity index (χ2v) is 6.96. The van der Waals surface area contributed by atoms with Crippen LogP contribution in [0.4, 0.5) is 5.69 Å². The molecule has 0 unspecified atom stereocenters. The topological polar surface area (TPSA) is 67.4 Å². The van der Waals surface area contributed by atoms with Crippen molar-refractivity contribution in [1.29, 1.82) is 0 Å². The molecule has 0 heterocycles. The molecule has 2 rings (SSSR count). The summed E-state index contributed by atoms with van der Waals surface area (Å²) >= 11 is 0. The molecule has 0 aliphatic heterocycles. The summed E-state index contributed by atoms with van der Waals surface area (Å²) in [6.07, 6.45) is 3.02. The maximum absolute atomic E-state index is 11.8. The first-order valence-electron chi connectivity index (χ1n) is 6.91. The van der Waals surface area contributed by atoms with Crippen LogP contribution in [0.15, 0.2) is 24.3 Å². The van der Waals surface area contributed by atoms with Crippen molar-refractivity contribution < 1.29 is 13.2 Å². The second-order valence-electron chi connectivity index (χ2n) is 5.12. The molecule has 5 nitrogen and oxygen atoms in total. The third kappa shape index (κ3) is 5.48. The van der Waals surface area contributed by atoms with Gasteiger partial charge in [0, 0.05) is 32.0 Å². The molecule has 0 aromatic heterocycles. The van der Waals surface area contributed by atoms with E-state index in [1.165, 1.54) is 18.4 Å². The SMILES string of the molecule is COCCCS(=O)(=O)Nc1ccc(CNC2CC2)cc1. The highest BCUT2D eigenvalue weighted by Crippen LogP contribution is 2.19. The van der Waals surface area contributed by atoms with Crippen LogP contribution in [0.25, 0.3) is 0 Å². The van der Waals surface area contributed by atoms with E-state index in [4.69, 9.17) is 4.74 Å². The number of rotatable bonds is 9. The normalized spacial score (nSPS) is 15.2. The fourth-order valence-corrected chi connectivity index (χ4v) is 2.96. The van der Waals surface area contributed by atoms with Crippen LogP contribution in [0.5, 0.6) is 0 Å². The molecule has 0 saturated heterocycles. The Morgan fingerprint density at radius 1 is 1.25 bits per heavy atom. The van der Waals surface area contributed by atoms with Crippen molar-refractivity contribution in [3.05, 3.63) is 29.8 Å². The van der Waals surface area contributed by atoms with Gasteiger partial charge in [0.15, 0.2) is 0 Å². The number of hydrogen-bond acceptors (Lipinski definition) is 4. The van der Waals surface area contributed by atoms with E-state index in [1.54, 1.807) is 19.2 Å². The van der Waals surface area contributed by atoms with Gasteiger partial charge in [-0.05, 0) is 37.0 Å². The number of nitrogens with one attached hydrogen (secondary N) is 2. The molecule has 1 aliphatic carbocycles. The first-order valence-corrected chi connectivity index (χ1v) is 8.56. The molecule has 1 fully saturated rings. The van der Waals surface area contributed by atoms with Crippen molar-refractivity contribution in [2.75, 3.05) is 24.2 Å². The number of ether oxygens (including phenoxy) is 1. The quantitative estimate of drug-likeness (QED) is 0.681. The Balaban J connectivity index is 1.82. The minimum Gasteiger partial charge on any atom is -0.385 e. The molecule has 0 radical (unpaired) electrons. The minimum absolute atomic E-state index is 0.0752. The third-order valence-electron chi connectivity index (χ3n) is 3.16. The van der Waals surface area contributed by atoms with Gasteiger partial charge in [0.1, 0.15) is 0 Å². The maximum atomic E-state index is 11.8.